The number of halogens is 2. The van der Waals surface area contributed by atoms with Gasteiger partial charge in [-0.05, 0) is 36.8 Å². The summed E-state index contributed by atoms with van der Waals surface area (Å²) in [5.74, 6) is -0.732. The summed E-state index contributed by atoms with van der Waals surface area (Å²) in [5, 5.41) is 0.825. The normalized spacial score (nSPS) is 11.0. The van der Waals surface area contributed by atoms with E-state index in [9.17, 15) is 9.59 Å². The number of ether oxygens (including phenoxy) is 1. The van der Waals surface area contributed by atoms with Crippen molar-refractivity contribution in [3.63, 3.8) is 0 Å². The molecule has 0 unspecified atom stereocenters. The first-order valence-electron chi connectivity index (χ1n) is 7.20. The first-order valence-corrected chi connectivity index (χ1v) is 7.95. The van der Waals surface area contributed by atoms with Crippen LogP contribution in [0.3, 0.4) is 0 Å². The van der Waals surface area contributed by atoms with E-state index in [4.69, 9.17) is 32.4 Å². The molecule has 3 aromatic rings. The van der Waals surface area contributed by atoms with Gasteiger partial charge in [-0.1, -0.05) is 29.3 Å². The van der Waals surface area contributed by atoms with Crippen molar-refractivity contribution in [2.24, 2.45) is 0 Å². The van der Waals surface area contributed by atoms with E-state index in [0.717, 1.165) is 5.56 Å². The Morgan fingerprint density at radius 2 is 2.00 bits per heavy atom. The molecule has 0 saturated heterocycles. The fourth-order valence-electron chi connectivity index (χ4n) is 2.32. The van der Waals surface area contributed by atoms with Gasteiger partial charge in [-0.2, -0.15) is 0 Å². The predicted octanol–water partition coefficient (Wildman–Crippen LogP) is 4.21. The van der Waals surface area contributed by atoms with Crippen molar-refractivity contribution in [1.29, 1.82) is 0 Å². The monoisotopic (exact) mass is 365 g/mol. The molecule has 0 aliphatic heterocycles. The van der Waals surface area contributed by atoms with Gasteiger partial charge < -0.3 is 9.15 Å². The minimum absolute atomic E-state index is 0.00143. The summed E-state index contributed by atoms with van der Waals surface area (Å²) in [4.78, 5) is 23.9. The Balaban J connectivity index is 1.74. The number of rotatable bonds is 4. The smallest absolute Gasteiger partial charge is 0.419 e. The molecule has 0 atom stereocenters. The molecule has 1 aromatic heterocycles. The number of nitrogens with zero attached hydrogens (tertiary/aromatic N) is 1. The predicted molar refractivity (Wildman–Crippen MR) is 91.9 cm³/mol. The highest BCUT2D eigenvalue weighted by Gasteiger charge is 2.13. The van der Waals surface area contributed by atoms with Gasteiger partial charge in [0.25, 0.3) is 0 Å². The number of hydrogen-bond donors (Lipinski definition) is 0. The van der Waals surface area contributed by atoms with Crippen LogP contribution in [0, 0.1) is 6.92 Å². The summed E-state index contributed by atoms with van der Waals surface area (Å²) in [5.41, 5.74) is 1.88. The molecular weight excluding hydrogens is 353 g/mol. The Labute approximate surface area is 147 Å². The SMILES string of the molecule is Cc1ccc(Cl)c(OC(=O)CCn2c(=O)oc3cc(Cl)ccc32)c1. The van der Waals surface area contributed by atoms with Crippen LogP contribution in [-0.2, 0) is 11.3 Å². The van der Waals surface area contributed by atoms with Crippen molar-refractivity contribution in [2.45, 2.75) is 19.9 Å². The zero-order valence-corrected chi connectivity index (χ0v) is 14.2. The van der Waals surface area contributed by atoms with Crippen molar-refractivity contribution < 1.29 is 13.9 Å². The summed E-state index contributed by atoms with van der Waals surface area (Å²) in [6.45, 7) is 2.01. The lowest BCUT2D eigenvalue weighted by atomic mass is 10.2. The number of aryl methyl sites for hydroxylation is 2. The largest absolute Gasteiger partial charge is 0.425 e. The van der Waals surface area contributed by atoms with E-state index < -0.39 is 11.7 Å². The second-order valence-corrected chi connectivity index (χ2v) is 6.13. The van der Waals surface area contributed by atoms with Gasteiger partial charge in [-0.3, -0.25) is 9.36 Å². The minimum atomic E-state index is -0.548. The standard InChI is InChI=1S/C17H13Cl2NO4/c1-10-2-4-12(19)14(8-10)23-16(21)6-7-20-13-5-3-11(18)9-15(13)24-17(20)22/h2-5,8-9H,6-7H2,1H3. The molecular formula is C17H13Cl2NO4. The highest BCUT2D eigenvalue weighted by molar-refractivity contribution is 6.32. The number of carbonyl (C=O) groups is 1. The molecule has 0 bridgehead atoms. The zero-order valence-electron chi connectivity index (χ0n) is 12.7. The molecule has 0 amide bonds. The Kier molecular flexibility index (Phi) is 4.64. The van der Waals surface area contributed by atoms with Gasteiger partial charge in [0.15, 0.2) is 5.58 Å². The molecule has 3 rings (SSSR count). The molecule has 24 heavy (non-hydrogen) atoms. The number of esters is 1. The maximum Gasteiger partial charge on any atom is 0.419 e. The molecule has 0 spiro atoms. The van der Waals surface area contributed by atoms with Gasteiger partial charge >= 0.3 is 11.7 Å². The third kappa shape index (κ3) is 3.47. The number of carbonyl (C=O) groups excluding carboxylic acids is 1. The molecule has 0 fully saturated rings. The zero-order chi connectivity index (χ0) is 17.3. The van der Waals surface area contributed by atoms with Crippen LogP contribution in [-0.4, -0.2) is 10.5 Å². The van der Waals surface area contributed by atoms with Crippen molar-refractivity contribution in [3.05, 3.63) is 62.6 Å². The Hall–Kier alpha value is -2.24. The van der Waals surface area contributed by atoms with E-state index in [1.165, 1.54) is 4.57 Å². The average Bonchev–Trinajstić information content (AvgIpc) is 2.83. The Morgan fingerprint density at radius 3 is 2.79 bits per heavy atom. The molecule has 0 radical (unpaired) electrons. The van der Waals surface area contributed by atoms with Crippen molar-refractivity contribution >= 4 is 40.3 Å². The van der Waals surface area contributed by atoms with Gasteiger partial charge in [0, 0.05) is 17.6 Å². The number of fused-ring (bicyclic) bond motifs is 1. The lowest BCUT2D eigenvalue weighted by molar-refractivity contribution is -0.134. The van der Waals surface area contributed by atoms with Crippen LogP contribution in [0.4, 0.5) is 0 Å². The molecule has 5 nitrogen and oxygen atoms in total. The Bertz CT molecular complexity index is 974. The van der Waals surface area contributed by atoms with E-state index in [-0.39, 0.29) is 13.0 Å². The maximum absolute atomic E-state index is 12.0. The van der Waals surface area contributed by atoms with Crippen molar-refractivity contribution in [3.8, 4) is 5.75 Å². The quantitative estimate of drug-likeness (QED) is 0.513. The molecule has 124 valence electrons. The van der Waals surface area contributed by atoms with Crippen LogP contribution in [0.2, 0.25) is 10.0 Å². The van der Waals surface area contributed by atoms with Crippen LogP contribution in [0.5, 0.6) is 5.75 Å². The molecule has 0 aliphatic rings. The summed E-state index contributed by atoms with van der Waals surface area (Å²) in [6, 6.07) is 10.0. The van der Waals surface area contributed by atoms with Crippen molar-refractivity contribution in [2.75, 3.05) is 0 Å². The fourth-order valence-corrected chi connectivity index (χ4v) is 2.64. The van der Waals surface area contributed by atoms with Crippen LogP contribution < -0.4 is 10.5 Å². The fraction of sp³-hybridized carbons (Fsp3) is 0.176. The van der Waals surface area contributed by atoms with Crippen LogP contribution in [0.1, 0.15) is 12.0 Å². The molecule has 1 heterocycles. The van der Waals surface area contributed by atoms with Crippen molar-refractivity contribution in [1.82, 2.24) is 4.57 Å². The minimum Gasteiger partial charge on any atom is -0.425 e. The number of benzene rings is 2. The maximum atomic E-state index is 12.0. The van der Waals surface area contributed by atoms with E-state index >= 15 is 0 Å². The number of hydrogen-bond acceptors (Lipinski definition) is 4. The summed E-state index contributed by atoms with van der Waals surface area (Å²) < 4.78 is 11.7. The van der Waals surface area contributed by atoms with E-state index in [0.29, 0.717) is 26.9 Å². The third-order valence-corrected chi connectivity index (χ3v) is 4.03. The molecule has 2 aromatic carbocycles. The third-order valence-electron chi connectivity index (χ3n) is 3.48. The lowest BCUT2D eigenvalue weighted by Gasteiger charge is -2.07. The molecule has 0 saturated carbocycles. The van der Waals surface area contributed by atoms with Gasteiger partial charge in [-0.25, -0.2) is 4.79 Å². The summed E-state index contributed by atoms with van der Waals surface area (Å²) in [7, 11) is 0. The van der Waals surface area contributed by atoms with Crippen LogP contribution >= 0.6 is 23.2 Å². The van der Waals surface area contributed by atoms with Gasteiger partial charge in [0.05, 0.1) is 17.0 Å². The topological polar surface area (TPSA) is 61.4 Å². The van der Waals surface area contributed by atoms with Gasteiger partial charge in [-0.15, -0.1) is 0 Å². The van der Waals surface area contributed by atoms with Crippen LogP contribution in [0.25, 0.3) is 11.1 Å². The second-order valence-electron chi connectivity index (χ2n) is 5.29. The van der Waals surface area contributed by atoms with Gasteiger partial charge in [0.2, 0.25) is 0 Å². The molecule has 7 heteroatoms. The summed E-state index contributed by atoms with van der Waals surface area (Å²) in [6.07, 6.45) is 0.00143. The first kappa shape index (κ1) is 16.6. The molecule has 0 aliphatic carbocycles. The number of aromatic nitrogens is 1. The van der Waals surface area contributed by atoms with Gasteiger partial charge in [0.1, 0.15) is 5.75 Å². The molecule has 0 N–H and O–H groups in total. The Morgan fingerprint density at radius 1 is 1.21 bits per heavy atom. The summed E-state index contributed by atoms with van der Waals surface area (Å²) >= 11 is 11.9. The van der Waals surface area contributed by atoms with E-state index in [2.05, 4.69) is 0 Å². The highest BCUT2D eigenvalue weighted by Crippen LogP contribution is 2.25. The first-order chi connectivity index (χ1) is 11.4. The highest BCUT2D eigenvalue weighted by atomic mass is 35.5. The van der Waals surface area contributed by atoms with Crippen LogP contribution in [0.15, 0.2) is 45.6 Å². The second kappa shape index (κ2) is 6.71. The average molecular weight is 366 g/mol. The van der Waals surface area contributed by atoms with E-state index in [1.807, 2.05) is 13.0 Å². The number of oxazole rings is 1. The lowest BCUT2D eigenvalue weighted by Crippen LogP contribution is -2.18. The van der Waals surface area contributed by atoms with E-state index in [1.54, 1.807) is 30.3 Å².